The molecule has 0 aliphatic rings. The van der Waals surface area contributed by atoms with E-state index in [1.165, 1.54) is 0 Å². The molecule has 0 atom stereocenters. The van der Waals surface area contributed by atoms with Crippen LogP contribution in [-0.4, -0.2) is 45.2 Å². The normalized spacial score (nSPS) is 10.7. The zero-order valence-electron chi connectivity index (χ0n) is 15.6. The van der Waals surface area contributed by atoms with Crippen LogP contribution in [0.5, 0.6) is 11.5 Å². The number of nitrogens with zero attached hydrogens (tertiary/aromatic N) is 1. The van der Waals surface area contributed by atoms with Crippen LogP contribution >= 0.6 is 11.6 Å². The highest BCUT2D eigenvalue weighted by atomic mass is 35.5. The lowest BCUT2D eigenvalue weighted by molar-refractivity contribution is -0.117. The van der Waals surface area contributed by atoms with Gasteiger partial charge >= 0.3 is 0 Å². The average Bonchev–Trinajstić information content (AvgIpc) is 2.63. The highest BCUT2D eigenvalue weighted by Gasteiger charge is 2.10. The van der Waals surface area contributed by atoms with Crippen molar-refractivity contribution in [1.82, 2.24) is 4.90 Å². The van der Waals surface area contributed by atoms with Crippen LogP contribution in [0.1, 0.15) is 11.1 Å². The average molecular weight is 377 g/mol. The minimum absolute atomic E-state index is 0.0646. The van der Waals surface area contributed by atoms with Gasteiger partial charge in [-0.3, -0.25) is 9.69 Å². The molecule has 2 aromatic carbocycles. The van der Waals surface area contributed by atoms with Crippen LogP contribution < -0.4 is 14.8 Å². The summed E-state index contributed by atoms with van der Waals surface area (Å²) in [6.45, 7) is 2.94. The number of hydrogen-bond donors (Lipinski definition) is 1. The molecule has 0 radical (unpaired) electrons. The Balaban J connectivity index is 1.87. The molecule has 0 saturated carbocycles. The topological polar surface area (TPSA) is 50.8 Å². The van der Waals surface area contributed by atoms with Gasteiger partial charge in [0.15, 0.2) is 11.5 Å². The third-order valence-electron chi connectivity index (χ3n) is 4.19. The molecule has 0 fully saturated rings. The number of ether oxygens (including phenoxy) is 2. The van der Waals surface area contributed by atoms with Gasteiger partial charge in [0.05, 0.1) is 20.8 Å². The van der Waals surface area contributed by atoms with Gasteiger partial charge < -0.3 is 14.8 Å². The van der Waals surface area contributed by atoms with Crippen molar-refractivity contribution < 1.29 is 14.3 Å². The first kappa shape index (κ1) is 20.1. The van der Waals surface area contributed by atoms with E-state index >= 15 is 0 Å². The highest BCUT2D eigenvalue weighted by Crippen LogP contribution is 2.27. The number of rotatable bonds is 8. The monoisotopic (exact) mass is 376 g/mol. The molecule has 6 heteroatoms. The van der Waals surface area contributed by atoms with Gasteiger partial charge in [0, 0.05) is 17.3 Å². The van der Waals surface area contributed by atoms with Gasteiger partial charge in [-0.15, -0.1) is 0 Å². The molecular formula is C20H25ClN2O3. The van der Waals surface area contributed by atoms with Gasteiger partial charge in [0.1, 0.15) is 0 Å². The number of methoxy groups -OCH3 is 2. The molecule has 5 nitrogen and oxygen atoms in total. The fraction of sp³-hybridized carbons (Fsp3) is 0.350. The molecule has 0 aliphatic heterocycles. The van der Waals surface area contributed by atoms with Gasteiger partial charge in [-0.1, -0.05) is 23.7 Å². The number of anilines is 1. The second-order valence-corrected chi connectivity index (χ2v) is 6.54. The van der Waals surface area contributed by atoms with E-state index in [9.17, 15) is 4.79 Å². The van der Waals surface area contributed by atoms with Crippen LogP contribution in [0.2, 0.25) is 5.02 Å². The molecule has 0 aliphatic carbocycles. The van der Waals surface area contributed by atoms with E-state index in [0.29, 0.717) is 23.1 Å². The first-order valence-corrected chi connectivity index (χ1v) is 8.76. The fourth-order valence-corrected chi connectivity index (χ4v) is 2.79. The standard InChI is InChI=1S/C20H25ClN2O3/c1-14-16(21)6-5-7-17(14)22-20(24)13-23(2)11-10-15-8-9-18(25-3)19(12-15)26-4/h5-9,12H,10-11,13H2,1-4H3,(H,22,24). The quantitative estimate of drug-likeness (QED) is 0.761. The minimum Gasteiger partial charge on any atom is -0.493 e. The number of carbonyl (C=O) groups is 1. The van der Waals surface area contributed by atoms with Gasteiger partial charge in [0.25, 0.3) is 0 Å². The summed E-state index contributed by atoms with van der Waals surface area (Å²) in [4.78, 5) is 14.2. The first-order valence-electron chi connectivity index (χ1n) is 8.39. The smallest absolute Gasteiger partial charge is 0.238 e. The molecule has 0 aromatic heterocycles. The Kier molecular flexibility index (Phi) is 7.30. The van der Waals surface area contributed by atoms with Crippen LogP contribution in [0.4, 0.5) is 5.69 Å². The van der Waals surface area contributed by atoms with Crippen LogP contribution in [0.3, 0.4) is 0 Å². The van der Waals surface area contributed by atoms with Gasteiger partial charge in [0.2, 0.25) is 5.91 Å². The summed E-state index contributed by atoms with van der Waals surface area (Å²) in [6, 6.07) is 11.3. The summed E-state index contributed by atoms with van der Waals surface area (Å²) in [7, 11) is 5.16. The summed E-state index contributed by atoms with van der Waals surface area (Å²) in [5.74, 6) is 1.35. The lowest BCUT2D eigenvalue weighted by atomic mass is 10.1. The maximum atomic E-state index is 12.2. The summed E-state index contributed by atoms with van der Waals surface area (Å²) in [6.07, 6.45) is 0.806. The van der Waals surface area contributed by atoms with E-state index in [1.807, 2.05) is 55.3 Å². The molecule has 2 aromatic rings. The van der Waals surface area contributed by atoms with Crippen molar-refractivity contribution in [3.05, 3.63) is 52.5 Å². The van der Waals surface area contributed by atoms with Crippen LogP contribution in [0, 0.1) is 6.92 Å². The number of carbonyl (C=O) groups excluding carboxylic acids is 1. The third kappa shape index (κ3) is 5.38. The predicted molar refractivity (Wildman–Crippen MR) is 106 cm³/mol. The Morgan fingerprint density at radius 3 is 2.58 bits per heavy atom. The van der Waals surface area contributed by atoms with E-state index in [-0.39, 0.29) is 5.91 Å². The van der Waals surface area contributed by atoms with Gasteiger partial charge in [-0.25, -0.2) is 0 Å². The molecule has 0 heterocycles. The van der Waals surface area contributed by atoms with E-state index in [1.54, 1.807) is 14.2 Å². The number of amides is 1. The first-order chi connectivity index (χ1) is 12.4. The third-order valence-corrected chi connectivity index (χ3v) is 4.59. The van der Waals surface area contributed by atoms with E-state index < -0.39 is 0 Å². The zero-order valence-corrected chi connectivity index (χ0v) is 16.4. The van der Waals surface area contributed by atoms with Crippen molar-refractivity contribution >= 4 is 23.2 Å². The van der Waals surface area contributed by atoms with Crippen molar-refractivity contribution in [2.45, 2.75) is 13.3 Å². The molecule has 1 N–H and O–H groups in total. The van der Waals surface area contributed by atoms with Crippen molar-refractivity contribution in [2.24, 2.45) is 0 Å². The van der Waals surface area contributed by atoms with E-state index in [4.69, 9.17) is 21.1 Å². The number of halogens is 1. The number of benzene rings is 2. The second kappa shape index (κ2) is 9.46. The Morgan fingerprint density at radius 2 is 1.88 bits per heavy atom. The molecule has 26 heavy (non-hydrogen) atoms. The summed E-state index contributed by atoms with van der Waals surface area (Å²) in [5.41, 5.74) is 2.74. The Bertz CT molecular complexity index is 765. The molecule has 1 amide bonds. The lowest BCUT2D eigenvalue weighted by Gasteiger charge is -2.17. The largest absolute Gasteiger partial charge is 0.493 e. The molecule has 0 bridgehead atoms. The molecule has 140 valence electrons. The zero-order chi connectivity index (χ0) is 19.1. The van der Waals surface area contributed by atoms with E-state index in [0.717, 1.165) is 29.8 Å². The van der Waals surface area contributed by atoms with Gasteiger partial charge in [-0.05, 0) is 55.8 Å². The Morgan fingerprint density at radius 1 is 1.15 bits per heavy atom. The van der Waals surface area contributed by atoms with Crippen LogP contribution in [-0.2, 0) is 11.2 Å². The summed E-state index contributed by atoms with van der Waals surface area (Å²) < 4.78 is 10.6. The Labute approximate surface area is 159 Å². The maximum Gasteiger partial charge on any atom is 0.238 e. The van der Waals surface area contributed by atoms with Crippen molar-refractivity contribution in [3.63, 3.8) is 0 Å². The fourth-order valence-electron chi connectivity index (χ4n) is 2.61. The van der Waals surface area contributed by atoms with E-state index in [2.05, 4.69) is 5.32 Å². The SMILES string of the molecule is COc1ccc(CCN(C)CC(=O)Nc2cccc(Cl)c2C)cc1OC. The molecule has 2 rings (SSSR count). The van der Waals surface area contributed by atoms with Crippen molar-refractivity contribution in [1.29, 1.82) is 0 Å². The summed E-state index contributed by atoms with van der Waals surface area (Å²) in [5, 5.41) is 3.56. The summed E-state index contributed by atoms with van der Waals surface area (Å²) >= 11 is 6.09. The maximum absolute atomic E-state index is 12.2. The van der Waals surface area contributed by atoms with Crippen LogP contribution in [0.15, 0.2) is 36.4 Å². The minimum atomic E-state index is -0.0646. The molecule has 0 saturated heterocycles. The highest BCUT2D eigenvalue weighted by molar-refractivity contribution is 6.31. The second-order valence-electron chi connectivity index (χ2n) is 6.14. The lowest BCUT2D eigenvalue weighted by Crippen LogP contribution is -2.31. The van der Waals surface area contributed by atoms with Crippen molar-refractivity contribution in [2.75, 3.05) is 39.7 Å². The molecule has 0 unspecified atom stereocenters. The molecule has 0 spiro atoms. The van der Waals surface area contributed by atoms with Crippen molar-refractivity contribution in [3.8, 4) is 11.5 Å². The number of nitrogens with one attached hydrogen (secondary N) is 1. The van der Waals surface area contributed by atoms with Crippen LogP contribution in [0.25, 0.3) is 0 Å². The van der Waals surface area contributed by atoms with Gasteiger partial charge in [-0.2, -0.15) is 0 Å². The number of hydrogen-bond acceptors (Lipinski definition) is 4. The predicted octanol–water partition coefficient (Wildman–Crippen LogP) is 3.78. The Hall–Kier alpha value is -2.24. The molecular weight excluding hydrogens is 352 g/mol. The number of likely N-dealkylation sites (N-methyl/N-ethyl adjacent to an activating group) is 1.